The number of terminal acetylenes is 1. The first-order chi connectivity index (χ1) is 5.98. The van der Waals surface area contributed by atoms with Crippen LogP contribution in [0.1, 0.15) is 33.6 Å². The fraction of sp³-hybridized carbons (Fsp3) is 0.818. The maximum atomic E-state index is 9.70. The van der Waals surface area contributed by atoms with Crippen LogP contribution >= 0.6 is 0 Å². The molecule has 0 aromatic rings. The molecule has 1 atom stereocenters. The van der Waals surface area contributed by atoms with Crippen LogP contribution in [0.15, 0.2) is 0 Å². The van der Waals surface area contributed by atoms with Crippen LogP contribution in [0.3, 0.4) is 0 Å². The fourth-order valence-electron chi connectivity index (χ4n) is 1.06. The van der Waals surface area contributed by atoms with Crippen molar-refractivity contribution in [3.8, 4) is 12.3 Å². The van der Waals surface area contributed by atoms with Crippen molar-refractivity contribution in [1.29, 1.82) is 0 Å². The van der Waals surface area contributed by atoms with Crippen molar-refractivity contribution in [2.75, 3.05) is 13.1 Å². The topological polar surface area (TPSA) is 32.3 Å². The average Bonchev–Trinajstić information content (AvgIpc) is 1.98. The highest BCUT2D eigenvalue weighted by Crippen LogP contribution is 2.12. The number of hydrogen-bond donors (Lipinski definition) is 2. The molecule has 0 saturated carbocycles. The molecule has 2 nitrogen and oxygen atoms in total. The maximum Gasteiger partial charge on any atom is 0.0740 e. The van der Waals surface area contributed by atoms with Crippen molar-refractivity contribution in [3.05, 3.63) is 0 Å². The van der Waals surface area contributed by atoms with Gasteiger partial charge in [-0.2, -0.15) is 0 Å². The van der Waals surface area contributed by atoms with Gasteiger partial charge in [0.1, 0.15) is 0 Å². The van der Waals surface area contributed by atoms with E-state index in [9.17, 15) is 5.11 Å². The van der Waals surface area contributed by atoms with Crippen molar-refractivity contribution in [2.24, 2.45) is 5.92 Å². The minimum atomic E-state index is -0.710. The van der Waals surface area contributed by atoms with Gasteiger partial charge in [-0.3, -0.25) is 0 Å². The molecule has 0 heterocycles. The second kappa shape index (κ2) is 6.01. The summed E-state index contributed by atoms with van der Waals surface area (Å²) in [6, 6.07) is 0. The Labute approximate surface area is 81.7 Å². The molecule has 0 aromatic carbocycles. The lowest BCUT2D eigenvalue weighted by atomic mass is 9.99. The normalized spacial score (nSPS) is 15.4. The van der Waals surface area contributed by atoms with Crippen LogP contribution in [0, 0.1) is 18.3 Å². The van der Waals surface area contributed by atoms with Gasteiger partial charge in [0.05, 0.1) is 5.60 Å². The quantitative estimate of drug-likeness (QED) is 0.482. The number of rotatable bonds is 6. The summed E-state index contributed by atoms with van der Waals surface area (Å²) in [5, 5.41) is 13.0. The predicted octanol–water partition coefficient (Wildman–Crippen LogP) is 1.40. The molecule has 0 aliphatic carbocycles. The maximum absolute atomic E-state index is 9.70. The highest BCUT2D eigenvalue weighted by molar-refractivity contribution is 4.93. The van der Waals surface area contributed by atoms with Crippen molar-refractivity contribution >= 4 is 0 Å². The summed E-state index contributed by atoms with van der Waals surface area (Å²) in [5.41, 5.74) is -0.710. The molecular formula is C11H21NO. The second-order valence-electron chi connectivity index (χ2n) is 4.23. The van der Waals surface area contributed by atoms with Gasteiger partial charge in [0, 0.05) is 6.42 Å². The summed E-state index contributed by atoms with van der Waals surface area (Å²) in [6.07, 6.45) is 6.28. The standard InChI is InChI=1S/C11H21NO/c1-5-6-11(4,13)7-8-12-9-10(2)3/h1,10,12-13H,6-9H2,2-4H3. The molecule has 1 unspecified atom stereocenters. The lowest BCUT2D eigenvalue weighted by molar-refractivity contribution is 0.0564. The highest BCUT2D eigenvalue weighted by atomic mass is 16.3. The van der Waals surface area contributed by atoms with Crippen LogP contribution in [0.4, 0.5) is 0 Å². The van der Waals surface area contributed by atoms with Crippen molar-refractivity contribution in [1.82, 2.24) is 5.32 Å². The smallest absolute Gasteiger partial charge is 0.0740 e. The van der Waals surface area contributed by atoms with Crippen LogP contribution in [0.2, 0.25) is 0 Å². The molecule has 0 radical (unpaired) electrons. The van der Waals surface area contributed by atoms with E-state index in [1.54, 1.807) is 6.92 Å². The van der Waals surface area contributed by atoms with Crippen LogP contribution in [-0.4, -0.2) is 23.8 Å². The fourth-order valence-corrected chi connectivity index (χ4v) is 1.06. The SMILES string of the molecule is C#CCC(C)(O)CCNCC(C)C. The Hall–Kier alpha value is -0.520. The molecule has 0 amide bonds. The molecule has 13 heavy (non-hydrogen) atoms. The van der Waals surface area contributed by atoms with Crippen molar-refractivity contribution in [2.45, 2.75) is 39.2 Å². The van der Waals surface area contributed by atoms with E-state index in [2.05, 4.69) is 25.1 Å². The second-order valence-corrected chi connectivity index (χ2v) is 4.23. The van der Waals surface area contributed by atoms with Gasteiger partial charge in [0.2, 0.25) is 0 Å². The van der Waals surface area contributed by atoms with Gasteiger partial charge in [0.15, 0.2) is 0 Å². The average molecular weight is 183 g/mol. The van der Waals surface area contributed by atoms with Crippen molar-refractivity contribution < 1.29 is 5.11 Å². The first-order valence-electron chi connectivity index (χ1n) is 4.84. The van der Waals surface area contributed by atoms with Crippen LogP contribution in [0.25, 0.3) is 0 Å². The Balaban J connectivity index is 3.47. The third kappa shape index (κ3) is 7.83. The molecule has 2 heteroatoms. The summed E-state index contributed by atoms with van der Waals surface area (Å²) in [5.74, 6) is 3.13. The van der Waals surface area contributed by atoms with Crippen LogP contribution in [0.5, 0.6) is 0 Å². The Bertz CT molecular complexity index is 167. The molecular weight excluding hydrogens is 162 g/mol. The van der Waals surface area contributed by atoms with E-state index in [1.165, 1.54) is 0 Å². The molecule has 0 aliphatic rings. The van der Waals surface area contributed by atoms with E-state index in [0.717, 1.165) is 13.1 Å². The molecule has 0 aliphatic heterocycles. The summed E-state index contributed by atoms with van der Waals surface area (Å²) in [4.78, 5) is 0. The molecule has 0 aromatic heterocycles. The molecule has 0 spiro atoms. The lowest BCUT2D eigenvalue weighted by Gasteiger charge is -2.20. The largest absolute Gasteiger partial charge is 0.389 e. The van der Waals surface area contributed by atoms with E-state index in [0.29, 0.717) is 18.8 Å². The highest BCUT2D eigenvalue weighted by Gasteiger charge is 2.17. The lowest BCUT2D eigenvalue weighted by Crippen LogP contribution is -2.31. The summed E-state index contributed by atoms with van der Waals surface area (Å²) >= 11 is 0. The van der Waals surface area contributed by atoms with Crippen LogP contribution in [-0.2, 0) is 0 Å². The predicted molar refractivity (Wildman–Crippen MR) is 56.4 cm³/mol. The third-order valence-electron chi connectivity index (χ3n) is 1.88. The molecule has 2 N–H and O–H groups in total. The Kier molecular flexibility index (Phi) is 5.77. The van der Waals surface area contributed by atoms with Gasteiger partial charge in [-0.15, -0.1) is 12.3 Å². The minimum Gasteiger partial charge on any atom is -0.389 e. The monoisotopic (exact) mass is 183 g/mol. The summed E-state index contributed by atoms with van der Waals surface area (Å²) in [7, 11) is 0. The van der Waals surface area contributed by atoms with Gasteiger partial charge in [-0.25, -0.2) is 0 Å². The molecule has 76 valence electrons. The number of nitrogens with one attached hydrogen (secondary N) is 1. The summed E-state index contributed by atoms with van der Waals surface area (Å²) in [6.45, 7) is 7.92. The zero-order valence-electron chi connectivity index (χ0n) is 8.93. The summed E-state index contributed by atoms with van der Waals surface area (Å²) < 4.78 is 0. The van der Waals surface area contributed by atoms with Gasteiger partial charge < -0.3 is 10.4 Å². The van der Waals surface area contributed by atoms with Gasteiger partial charge in [-0.1, -0.05) is 13.8 Å². The Morgan fingerprint density at radius 2 is 2.15 bits per heavy atom. The Morgan fingerprint density at radius 3 is 2.62 bits per heavy atom. The van der Waals surface area contributed by atoms with Gasteiger partial charge in [-0.05, 0) is 32.4 Å². The first-order valence-corrected chi connectivity index (χ1v) is 4.84. The number of aliphatic hydroxyl groups is 1. The van der Waals surface area contributed by atoms with E-state index in [-0.39, 0.29) is 0 Å². The van der Waals surface area contributed by atoms with Gasteiger partial charge >= 0.3 is 0 Å². The van der Waals surface area contributed by atoms with E-state index >= 15 is 0 Å². The molecule has 0 saturated heterocycles. The molecule has 0 bridgehead atoms. The third-order valence-corrected chi connectivity index (χ3v) is 1.88. The minimum absolute atomic E-state index is 0.427. The molecule has 0 rings (SSSR count). The zero-order chi connectivity index (χ0) is 10.3. The molecule has 0 fully saturated rings. The van der Waals surface area contributed by atoms with Crippen LogP contribution < -0.4 is 5.32 Å². The van der Waals surface area contributed by atoms with Crippen molar-refractivity contribution in [3.63, 3.8) is 0 Å². The first kappa shape index (κ1) is 12.5. The number of hydrogen-bond acceptors (Lipinski definition) is 2. The van der Waals surface area contributed by atoms with Gasteiger partial charge in [0.25, 0.3) is 0 Å². The van der Waals surface area contributed by atoms with E-state index in [4.69, 9.17) is 6.42 Å². The van der Waals surface area contributed by atoms with E-state index < -0.39 is 5.60 Å². The van der Waals surface area contributed by atoms with E-state index in [1.807, 2.05) is 0 Å². The zero-order valence-corrected chi connectivity index (χ0v) is 8.93. The Morgan fingerprint density at radius 1 is 1.54 bits per heavy atom.